The standard InChI is InChI=1S/C14H16ClF2N3O/c15-9-5-10(16)13(11(17)6-9)14(19-21)18-12-7-20-3-1-8(12)2-4-20/h5-6,8,12,21H,1-4,7H2,(H,18,19)/t12-/m0/s1. The molecule has 0 aliphatic carbocycles. The lowest BCUT2D eigenvalue weighted by atomic mass is 9.84. The lowest BCUT2D eigenvalue weighted by Crippen LogP contribution is -2.50. The van der Waals surface area contributed by atoms with Crippen LogP contribution in [-0.4, -0.2) is 41.6 Å². The van der Waals surface area contributed by atoms with E-state index in [1.54, 1.807) is 0 Å². The fourth-order valence-corrected chi connectivity index (χ4v) is 3.36. The molecule has 3 heterocycles. The predicted octanol–water partition coefficient (Wildman–Crippen LogP) is 2.44. The van der Waals surface area contributed by atoms with Crippen LogP contribution in [0, 0.1) is 17.6 Å². The molecule has 7 heteroatoms. The summed E-state index contributed by atoms with van der Waals surface area (Å²) in [5, 5.41) is 9.20. The number of piperidine rings is 3. The van der Waals surface area contributed by atoms with Gasteiger partial charge in [0.25, 0.3) is 0 Å². The SMILES string of the molecule is ONC(=N[C@H]1CN2CCC1CC2)c1c(F)cc(Cl)cc1F. The molecule has 0 radical (unpaired) electrons. The van der Waals surface area contributed by atoms with Gasteiger partial charge in [-0.1, -0.05) is 11.6 Å². The van der Waals surface area contributed by atoms with Crippen molar-refractivity contribution in [2.45, 2.75) is 18.9 Å². The minimum absolute atomic E-state index is 0.0334. The van der Waals surface area contributed by atoms with Crippen molar-refractivity contribution in [3.05, 3.63) is 34.4 Å². The molecule has 0 unspecified atom stereocenters. The molecule has 1 atom stereocenters. The Morgan fingerprint density at radius 3 is 2.38 bits per heavy atom. The second-order valence-corrected chi connectivity index (χ2v) is 5.98. The van der Waals surface area contributed by atoms with Gasteiger partial charge in [0.1, 0.15) is 11.6 Å². The first-order chi connectivity index (χ1) is 10.1. The van der Waals surface area contributed by atoms with Crippen LogP contribution in [0.4, 0.5) is 8.78 Å². The highest BCUT2D eigenvalue weighted by Crippen LogP contribution is 2.30. The van der Waals surface area contributed by atoms with Gasteiger partial charge in [0, 0.05) is 11.6 Å². The van der Waals surface area contributed by atoms with Gasteiger partial charge in [0.2, 0.25) is 0 Å². The van der Waals surface area contributed by atoms with Crippen LogP contribution in [0.25, 0.3) is 0 Å². The molecular weight excluding hydrogens is 300 g/mol. The first-order valence-corrected chi connectivity index (χ1v) is 7.31. The van der Waals surface area contributed by atoms with E-state index in [1.807, 2.05) is 5.48 Å². The van der Waals surface area contributed by atoms with Crippen molar-refractivity contribution in [2.24, 2.45) is 10.9 Å². The number of hydrogen-bond donors (Lipinski definition) is 2. The molecule has 3 aliphatic heterocycles. The van der Waals surface area contributed by atoms with Crippen LogP contribution in [0.2, 0.25) is 5.02 Å². The Balaban J connectivity index is 1.93. The quantitative estimate of drug-likeness (QED) is 0.501. The number of fused-ring (bicyclic) bond motifs is 3. The summed E-state index contributed by atoms with van der Waals surface area (Å²) in [5.74, 6) is -1.47. The van der Waals surface area contributed by atoms with Crippen molar-refractivity contribution in [3.8, 4) is 0 Å². The molecule has 3 saturated heterocycles. The first kappa shape index (κ1) is 14.7. The summed E-state index contributed by atoms with van der Waals surface area (Å²) < 4.78 is 27.8. The number of nitrogens with one attached hydrogen (secondary N) is 1. The van der Waals surface area contributed by atoms with Gasteiger partial charge in [-0.15, -0.1) is 0 Å². The molecule has 1 aromatic carbocycles. The number of hydroxylamine groups is 1. The highest BCUT2D eigenvalue weighted by molar-refractivity contribution is 6.30. The van der Waals surface area contributed by atoms with Crippen LogP contribution < -0.4 is 5.48 Å². The number of amidine groups is 1. The summed E-state index contributed by atoms with van der Waals surface area (Å²) in [4.78, 5) is 6.62. The predicted molar refractivity (Wildman–Crippen MR) is 75.8 cm³/mol. The van der Waals surface area contributed by atoms with Crippen LogP contribution in [0.5, 0.6) is 0 Å². The largest absolute Gasteiger partial charge is 0.301 e. The number of hydrogen-bond acceptors (Lipinski definition) is 3. The Labute approximate surface area is 126 Å². The maximum absolute atomic E-state index is 13.9. The number of halogens is 3. The van der Waals surface area contributed by atoms with Crippen LogP contribution in [0.1, 0.15) is 18.4 Å². The minimum Gasteiger partial charge on any atom is -0.301 e. The second-order valence-electron chi connectivity index (χ2n) is 5.54. The summed E-state index contributed by atoms with van der Waals surface area (Å²) in [6.07, 6.45) is 2.05. The molecule has 4 rings (SSSR count). The minimum atomic E-state index is -0.846. The zero-order valence-corrected chi connectivity index (χ0v) is 12.1. The van der Waals surface area contributed by atoms with Crippen molar-refractivity contribution in [2.75, 3.05) is 19.6 Å². The Morgan fingerprint density at radius 2 is 1.90 bits per heavy atom. The molecule has 0 spiro atoms. The van der Waals surface area contributed by atoms with E-state index in [1.165, 1.54) is 0 Å². The Hall–Kier alpha value is -1.24. The van der Waals surface area contributed by atoms with Crippen LogP contribution in [-0.2, 0) is 0 Å². The molecule has 1 aromatic rings. The van der Waals surface area contributed by atoms with Gasteiger partial charge in [0.05, 0.1) is 11.6 Å². The van der Waals surface area contributed by atoms with E-state index in [2.05, 4.69) is 9.89 Å². The molecule has 0 amide bonds. The molecule has 0 saturated carbocycles. The fraction of sp³-hybridized carbons (Fsp3) is 0.500. The summed E-state index contributed by atoms with van der Waals surface area (Å²) in [6, 6.07) is 1.95. The van der Waals surface area contributed by atoms with Crippen molar-refractivity contribution >= 4 is 17.4 Å². The third-order valence-electron chi connectivity index (χ3n) is 4.27. The second kappa shape index (κ2) is 5.87. The van der Waals surface area contributed by atoms with E-state index in [-0.39, 0.29) is 22.5 Å². The van der Waals surface area contributed by atoms with Gasteiger partial charge in [0.15, 0.2) is 5.84 Å². The van der Waals surface area contributed by atoms with Gasteiger partial charge in [-0.3, -0.25) is 15.7 Å². The number of benzene rings is 1. The van der Waals surface area contributed by atoms with Crippen molar-refractivity contribution in [1.82, 2.24) is 10.4 Å². The monoisotopic (exact) mass is 315 g/mol. The highest BCUT2D eigenvalue weighted by atomic mass is 35.5. The van der Waals surface area contributed by atoms with E-state index < -0.39 is 11.6 Å². The third kappa shape index (κ3) is 2.88. The average Bonchev–Trinajstić information content (AvgIpc) is 2.46. The molecule has 21 heavy (non-hydrogen) atoms. The molecule has 2 bridgehead atoms. The highest BCUT2D eigenvalue weighted by Gasteiger charge is 2.34. The summed E-state index contributed by atoms with van der Waals surface area (Å²) >= 11 is 5.60. The Bertz CT molecular complexity index is 550. The number of aliphatic imine (C=N–C) groups is 1. The summed E-state index contributed by atoms with van der Waals surface area (Å²) in [7, 11) is 0. The summed E-state index contributed by atoms with van der Waals surface area (Å²) in [5.41, 5.74) is 1.46. The molecule has 3 fully saturated rings. The van der Waals surface area contributed by atoms with Gasteiger partial charge < -0.3 is 4.90 Å². The maximum atomic E-state index is 13.9. The molecule has 2 N–H and O–H groups in total. The lowest BCUT2D eigenvalue weighted by Gasteiger charge is -2.43. The molecular formula is C14H16ClF2N3O. The number of rotatable bonds is 2. The number of nitrogens with zero attached hydrogens (tertiary/aromatic N) is 2. The topological polar surface area (TPSA) is 47.9 Å². The van der Waals surface area contributed by atoms with Crippen molar-refractivity contribution in [1.29, 1.82) is 0 Å². The molecule has 0 aromatic heterocycles. The molecule has 3 aliphatic rings. The van der Waals surface area contributed by atoms with Crippen LogP contribution >= 0.6 is 11.6 Å². The van der Waals surface area contributed by atoms with E-state index >= 15 is 0 Å². The zero-order valence-electron chi connectivity index (χ0n) is 11.3. The maximum Gasteiger partial charge on any atom is 0.158 e. The van der Waals surface area contributed by atoms with Gasteiger partial charge >= 0.3 is 0 Å². The van der Waals surface area contributed by atoms with Crippen LogP contribution in [0.3, 0.4) is 0 Å². The van der Waals surface area contributed by atoms with Crippen LogP contribution in [0.15, 0.2) is 17.1 Å². The molecule has 4 nitrogen and oxygen atoms in total. The first-order valence-electron chi connectivity index (χ1n) is 6.93. The summed E-state index contributed by atoms with van der Waals surface area (Å²) in [6.45, 7) is 2.84. The van der Waals surface area contributed by atoms with E-state index in [0.717, 1.165) is 44.6 Å². The zero-order chi connectivity index (χ0) is 15.0. The lowest BCUT2D eigenvalue weighted by molar-refractivity contribution is 0.0898. The average molecular weight is 316 g/mol. The van der Waals surface area contributed by atoms with Gasteiger partial charge in [-0.25, -0.2) is 8.78 Å². The van der Waals surface area contributed by atoms with E-state index in [9.17, 15) is 14.0 Å². The Kier molecular flexibility index (Phi) is 4.10. The smallest absolute Gasteiger partial charge is 0.158 e. The van der Waals surface area contributed by atoms with E-state index in [0.29, 0.717) is 5.92 Å². The van der Waals surface area contributed by atoms with E-state index in [4.69, 9.17) is 11.6 Å². The molecule has 114 valence electrons. The van der Waals surface area contributed by atoms with Crippen molar-refractivity contribution in [3.63, 3.8) is 0 Å². The fourth-order valence-electron chi connectivity index (χ4n) is 3.16. The van der Waals surface area contributed by atoms with Gasteiger partial charge in [-0.05, 0) is 44.0 Å². The van der Waals surface area contributed by atoms with Gasteiger partial charge in [-0.2, -0.15) is 0 Å². The normalized spacial score (nSPS) is 28.8. The van der Waals surface area contributed by atoms with Crippen molar-refractivity contribution < 1.29 is 14.0 Å². The third-order valence-corrected chi connectivity index (χ3v) is 4.48. The Morgan fingerprint density at radius 1 is 1.29 bits per heavy atom.